The normalized spacial score (nSPS) is 14.8. The topological polar surface area (TPSA) is 75.7 Å². The van der Waals surface area contributed by atoms with Crippen LogP contribution in [0.5, 0.6) is 5.75 Å². The molecule has 0 bridgehead atoms. The number of benzene rings is 3. The van der Waals surface area contributed by atoms with Crippen molar-refractivity contribution in [2.24, 2.45) is 0 Å². The molecule has 0 unspecified atom stereocenters. The number of rotatable bonds is 6. The molecule has 0 atom stereocenters. The first-order valence-electron chi connectivity index (χ1n) is 12.1. The summed E-state index contributed by atoms with van der Waals surface area (Å²) in [6, 6.07) is 14.8. The molecule has 3 aromatic rings. The van der Waals surface area contributed by atoms with Gasteiger partial charge in [-0.05, 0) is 75.6 Å². The number of ether oxygens (including phenoxy) is 1. The number of hydrogen-bond acceptors (Lipinski definition) is 4. The molecular weight excluding hydrogens is 532 g/mol. The van der Waals surface area contributed by atoms with E-state index >= 15 is 0 Å². The predicted molar refractivity (Wildman–Crippen MR) is 149 cm³/mol. The number of nitrogens with one attached hydrogen (secondary N) is 1. The first-order chi connectivity index (χ1) is 17.6. The van der Waals surface area contributed by atoms with Crippen molar-refractivity contribution in [3.8, 4) is 5.75 Å². The average Bonchev–Trinajstić information content (AvgIpc) is 2.80. The van der Waals surface area contributed by atoms with Crippen molar-refractivity contribution in [3.63, 3.8) is 0 Å². The lowest BCUT2D eigenvalue weighted by Gasteiger charge is -2.27. The van der Waals surface area contributed by atoms with Gasteiger partial charge in [0.05, 0.1) is 12.3 Å². The van der Waals surface area contributed by atoms with Gasteiger partial charge in [-0.1, -0.05) is 63.0 Å². The molecule has 1 heterocycles. The molecule has 0 aliphatic carbocycles. The molecule has 1 fully saturated rings. The van der Waals surface area contributed by atoms with Crippen LogP contribution < -0.4 is 15.0 Å². The second kappa shape index (κ2) is 10.7. The molecule has 1 aliphatic rings. The Labute approximate surface area is 225 Å². The third-order valence-electron chi connectivity index (χ3n) is 6.14. The summed E-state index contributed by atoms with van der Waals surface area (Å²) in [4.78, 5) is 39.7. The lowest BCUT2D eigenvalue weighted by Crippen LogP contribution is -2.54. The lowest BCUT2D eigenvalue weighted by molar-refractivity contribution is -0.122. The first kappa shape index (κ1) is 26.4. The summed E-state index contributed by atoms with van der Waals surface area (Å²) in [6.45, 7) is 10.3. The molecular formula is C30H29BrN2O4. The van der Waals surface area contributed by atoms with Crippen LogP contribution in [0.4, 0.5) is 10.5 Å². The van der Waals surface area contributed by atoms with Crippen molar-refractivity contribution in [2.75, 3.05) is 11.5 Å². The predicted octanol–water partition coefficient (Wildman–Crippen LogP) is 6.34. The van der Waals surface area contributed by atoms with Gasteiger partial charge in [-0.2, -0.15) is 0 Å². The van der Waals surface area contributed by atoms with Crippen molar-refractivity contribution in [1.29, 1.82) is 0 Å². The maximum Gasteiger partial charge on any atom is 0.335 e. The van der Waals surface area contributed by atoms with Crippen LogP contribution in [-0.4, -0.2) is 24.5 Å². The second-order valence-corrected chi connectivity index (χ2v) is 10.2. The van der Waals surface area contributed by atoms with Crippen LogP contribution >= 0.6 is 15.9 Å². The van der Waals surface area contributed by atoms with Crippen molar-refractivity contribution >= 4 is 45.5 Å². The van der Waals surface area contributed by atoms with E-state index in [-0.39, 0.29) is 5.57 Å². The van der Waals surface area contributed by atoms with Crippen LogP contribution in [0.15, 0.2) is 58.6 Å². The monoisotopic (exact) mass is 560 g/mol. The number of amides is 4. The number of anilines is 1. The third-order valence-corrected chi connectivity index (χ3v) is 6.85. The van der Waals surface area contributed by atoms with E-state index < -0.39 is 17.8 Å². The van der Waals surface area contributed by atoms with E-state index in [1.807, 2.05) is 45.0 Å². The van der Waals surface area contributed by atoms with Gasteiger partial charge in [0.1, 0.15) is 11.3 Å². The molecule has 6 nitrogen and oxygen atoms in total. The van der Waals surface area contributed by atoms with Gasteiger partial charge in [0, 0.05) is 16.5 Å². The summed E-state index contributed by atoms with van der Waals surface area (Å²) < 4.78 is 6.76. The van der Waals surface area contributed by atoms with Crippen LogP contribution in [0.2, 0.25) is 0 Å². The number of halogens is 1. The van der Waals surface area contributed by atoms with E-state index in [9.17, 15) is 14.4 Å². The number of urea groups is 1. The average molecular weight is 561 g/mol. The summed E-state index contributed by atoms with van der Waals surface area (Å²) in [5, 5.41) is 2.30. The molecule has 1 N–H and O–H groups in total. The highest BCUT2D eigenvalue weighted by Gasteiger charge is 2.37. The zero-order valence-corrected chi connectivity index (χ0v) is 23.2. The van der Waals surface area contributed by atoms with Crippen molar-refractivity contribution in [3.05, 3.63) is 97.5 Å². The second-order valence-electron chi connectivity index (χ2n) is 9.33. The fraction of sp³-hybridized carbons (Fsp3) is 0.233. The van der Waals surface area contributed by atoms with E-state index in [0.29, 0.717) is 30.0 Å². The van der Waals surface area contributed by atoms with Crippen LogP contribution in [0.1, 0.15) is 45.9 Å². The molecule has 0 spiro atoms. The van der Waals surface area contributed by atoms with Crippen molar-refractivity contribution < 1.29 is 19.1 Å². The molecule has 37 heavy (non-hydrogen) atoms. The Kier molecular flexibility index (Phi) is 7.64. The Morgan fingerprint density at radius 3 is 2.27 bits per heavy atom. The molecule has 3 aromatic carbocycles. The summed E-state index contributed by atoms with van der Waals surface area (Å²) in [5.41, 5.74) is 7.19. The van der Waals surface area contributed by atoms with Gasteiger partial charge in [-0.15, -0.1) is 0 Å². The molecule has 0 radical (unpaired) electrons. The van der Waals surface area contributed by atoms with Gasteiger partial charge < -0.3 is 4.74 Å². The van der Waals surface area contributed by atoms with Crippen LogP contribution in [0.3, 0.4) is 0 Å². The quantitative estimate of drug-likeness (QED) is 0.282. The summed E-state index contributed by atoms with van der Waals surface area (Å²) in [5.74, 6) is -0.743. The molecule has 4 rings (SSSR count). The van der Waals surface area contributed by atoms with Crippen LogP contribution in [0, 0.1) is 27.7 Å². The van der Waals surface area contributed by atoms with E-state index in [0.717, 1.165) is 31.6 Å². The van der Waals surface area contributed by atoms with E-state index in [4.69, 9.17) is 4.74 Å². The number of imide groups is 2. The molecule has 0 aromatic heterocycles. The van der Waals surface area contributed by atoms with E-state index in [1.54, 1.807) is 6.07 Å². The smallest absolute Gasteiger partial charge is 0.335 e. The van der Waals surface area contributed by atoms with Crippen LogP contribution in [0.25, 0.3) is 6.08 Å². The zero-order valence-electron chi connectivity index (χ0n) is 21.6. The van der Waals surface area contributed by atoms with Gasteiger partial charge in [0.25, 0.3) is 11.8 Å². The highest BCUT2D eigenvalue weighted by atomic mass is 79.9. The number of aryl methyl sites for hydroxylation is 4. The minimum atomic E-state index is -0.765. The van der Waals surface area contributed by atoms with E-state index in [1.165, 1.54) is 17.2 Å². The Bertz CT molecular complexity index is 1440. The van der Waals surface area contributed by atoms with Gasteiger partial charge >= 0.3 is 6.03 Å². The highest BCUT2D eigenvalue weighted by Crippen LogP contribution is 2.33. The van der Waals surface area contributed by atoms with Gasteiger partial charge in [-0.3, -0.25) is 14.9 Å². The molecule has 190 valence electrons. The molecule has 4 amide bonds. The van der Waals surface area contributed by atoms with Crippen molar-refractivity contribution in [2.45, 2.75) is 41.0 Å². The number of carbonyl (C=O) groups is 3. The lowest BCUT2D eigenvalue weighted by atomic mass is 9.98. The van der Waals surface area contributed by atoms with Gasteiger partial charge in [-0.25, -0.2) is 9.69 Å². The minimum Gasteiger partial charge on any atom is -0.494 e. The molecule has 0 saturated carbocycles. The molecule has 1 saturated heterocycles. The highest BCUT2D eigenvalue weighted by molar-refractivity contribution is 9.10. The maximum absolute atomic E-state index is 13.4. The van der Waals surface area contributed by atoms with Gasteiger partial charge in [0.15, 0.2) is 0 Å². The zero-order chi connectivity index (χ0) is 26.9. The SMILES string of the molecule is CCOc1cc(/C=C2\C(=O)NC(=O)N(c3ccc(C)cc3C)C2=O)cc(Br)c1Cc1cc(C)cc(C)c1. The largest absolute Gasteiger partial charge is 0.494 e. The Morgan fingerprint density at radius 1 is 0.919 bits per heavy atom. The van der Waals surface area contributed by atoms with E-state index in [2.05, 4.69) is 53.3 Å². The molecule has 1 aliphatic heterocycles. The Balaban J connectivity index is 1.73. The third kappa shape index (κ3) is 5.67. The fourth-order valence-electron chi connectivity index (χ4n) is 4.64. The molecule has 7 heteroatoms. The maximum atomic E-state index is 13.4. The number of hydrogen-bond donors (Lipinski definition) is 1. The summed E-state index contributed by atoms with van der Waals surface area (Å²) >= 11 is 3.67. The Hall–Kier alpha value is -3.71. The summed E-state index contributed by atoms with van der Waals surface area (Å²) in [7, 11) is 0. The van der Waals surface area contributed by atoms with Crippen molar-refractivity contribution in [1.82, 2.24) is 5.32 Å². The first-order valence-corrected chi connectivity index (χ1v) is 12.9. The number of barbiturate groups is 1. The van der Waals surface area contributed by atoms with Gasteiger partial charge in [0.2, 0.25) is 0 Å². The summed E-state index contributed by atoms with van der Waals surface area (Å²) in [6.07, 6.45) is 2.15. The van der Waals surface area contributed by atoms with Crippen LogP contribution in [-0.2, 0) is 16.0 Å². The Morgan fingerprint density at radius 2 is 1.62 bits per heavy atom. The number of nitrogens with zero attached hydrogens (tertiary/aromatic N) is 1. The number of carbonyl (C=O) groups excluding carboxylic acids is 3. The fourth-order valence-corrected chi connectivity index (χ4v) is 5.24. The minimum absolute atomic E-state index is 0.129. The standard InChI is InChI=1S/C30H29BrN2O4/c1-6-37-27-16-22(15-25(31)23(27)13-21-11-18(3)9-19(4)12-21)14-24-28(34)32-30(36)33(29(24)35)26-8-7-17(2)10-20(26)5/h7-12,14-16H,6,13H2,1-5H3,(H,32,34,36)/b24-14+.